The minimum absolute atomic E-state index is 0. The standard InChI is InChI=1S/C17H20N2O2S.C4H8O2S.Na.H/c1-3-20-15-9-5-13(6-10-15)18-17(22)19-14-7-11-16(12-8-14)21-4-2;5-7(6)3-1-2-4-7;;/h5-12H,3-4H2,1-2H3,(H2,18,19,22);1-4H2;;/q;;+1;-1. The van der Waals surface area contributed by atoms with E-state index in [1.54, 1.807) is 0 Å². The summed E-state index contributed by atoms with van der Waals surface area (Å²) < 4.78 is 31.7. The Labute approximate surface area is 208 Å². The van der Waals surface area contributed by atoms with Crippen LogP contribution in [0.25, 0.3) is 0 Å². The third kappa shape index (κ3) is 10.1. The summed E-state index contributed by atoms with van der Waals surface area (Å²) in [7, 11) is -2.55. The molecule has 160 valence electrons. The molecule has 0 amide bonds. The van der Waals surface area contributed by atoms with Crippen LogP contribution >= 0.6 is 12.2 Å². The first-order valence-corrected chi connectivity index (χ1v) is 11.9. The molecule has 1 aliphatic rings. The third-order valence-electron chi connectivity index (χ3n) is 4.01. The number of anilines is 2. The van der Waals surface area contributed by atoms with Gasteiger partial charge in [-0.05, 0) is 87.4 Å². The van der Waals surface area contributed by atoms with Crippen LogP contribution in [0.15, 0.2) is 48.5 Å². The van der Waals surface area contributed by atoms with E-state index in [1.807, 2.05) is 62.4 Å². The van der Waals surface area contributed by atoms with E-state index in [9.17, 15) is 8.42 Å². The summed E-state index contributed by atoms with van der Waals surface area (Å²) in [4.78, 5) is 0. The molecule has 0 saturated carbocycles. The average molecular weight is 461 g/mol. The normalized spacial score (nSPS) is 13.8. The SMILES string of the molecule is CCOc1ccc(NC(=S)Nc2ccc(OCC)cc2)cc1.O=S1(=O)CCCC1.[H-].[Na+]. The molecule has 1 aliphatic heterocycles. The molecule has 0 unspecified atom stereocenters. The molecule has 1 saturated heterocycles. The quantitative estimate of drug-likeness (QED) is 0.501. The van der Waals surface area contributed by atoms with Crippen LogP contribution in [0, 0.1) is 0 Å². The maximum atomic E-state index is 10.4. The van der Waals surface area contributed by atoms with Gasteiger partial charge in [0.2, 0.25) is 0 Å². The van der Waals surface area contributed by atoms with Crippen LogP contribution in [-0.4, -0.2) is 38.2 Å². The number of ether oxygens (including phenoxy) is 2. The molecule has 1 heterocycles. The number of sulfone groups is 1. The number of hydrogen-bond donors (Lipinski definition) is 2. The molecule has 2 N–H and O–H groups in total. The predicted octanol–water partition coefficient (Wildman–Crippen LogP) is 1.60. The van der Waals surface area contributed by atoms with Crippen molar-refractivity contribution >= 4 is 38.5 Å². The summed E-state index contributed by atoms with van der Waals surface area (Å²) in [5.41, 5.74) is 1.82. The van der Waals surface area contributed by atoms with Gasteiger partial charge in [0.05, 0.1) is 24.7 Å². The summed E-state index contributed by atoms with van der Waals surface area (Å²) in [5.74, 6) is 2.54. The van der Waals surface area contributed by atoms with Gasteiger partial charge in [0.1, 0.15) is 21.3 Å². The van der Waals surface area contributed by atoms with E-state index < -0.39 is 9.84 Å². The monoisotopic (exact) mass is 460 g/mol. The van der Waals surface area contributed by atoms with Crippen molar-refractivity contribution < 1.29 is 48.9 Å². The van der Waals surface area contributed by atoms with E-state index in [1.165, 1.54) is 0 Å². The fraction of sp³-hybridized carbons (Fsp3) is 0.381. The molecular formula is C21H29N2NaO4S2. The molecule has 0 spiro atoms. The van der Waals surface area contributed by atoms with Crippen LogP contribution < -0.4 is 49.7 Å². The van der Waals surface area contributed by atoms with E-state index >= 15 is 0 Å². The van der Waals surface area contributed by atoms with Gasteiger partial charge in [-0.15, -0.1) is 0 Å². The van der Waals surface area contributed by atoms with Crippen LogP contribution in [0.5, 0.6) is 11.5 Å². The van der Waals surface area contributed by atoms with Crippen LogP contribution in [0.1, 0.15) is 28.1 Å². The van der Waals surface area contributed by atoms with E-state index in [0.29, 0.717) is 29.8 Å². The predicted molar refractivity (Wildman–Crippen MR) is 124 cm³/mol. The molecule has 9 heteroatoms. The van der Waals surface area contributed by atoms with Crippen molar-refractivity contribution in [3.05, 3.63) is 48.5 Å². The fourth-order valence-electron chi connectivity index (χ4n) is 2.64. The van der Waals surface area contributed by atoms with Gasteiger partial charge >= 0.3 is 29.6 Å². The van der Waals surface area contributed by atoms with Crippen molar-refractivity contribution in [2.75, 3.05) is 35.4 Å². The number of nitrogens with one attached hydrogen (secondary N) is 2. The summed E-state index contributed by atoms with van der Waals surface area (Å²) in [6, 6.07) is 15.3. The Morgan fingerprint density at radius 3 is 1.50 bits per heavy atom. The van der Waals surface area contributed by atoms with Gasteiger partial charge in [0.25, 0.3) is 0 Å². The molecule has 0 aromatic heterocycles. The molecule has 0 atom stereocenters. The second kappa shape index (κ2) is 13.9. The first kappa shape index (κ1) is 26.7. The average Bonchev–Trinajstić information content (AvgIpc) is 3.10. The molecule has 3 rings (SSSR count). The van der Waals surface area contributed by atoms with E-state index in [2.05, 4.69) is 10.6 Å². The molecule has 2 aromatic rings. The fourth-order valence-corrected chi connectivity index (χ4v) is 4.37. The Balaban J connectivity index is 0.000000854. The maximum absolute atomic E-state index is 10.4. The van der Waals surface area contributed by atoms with E-state index in [0.717, 1.165) is 35.7 Å². The summed E-state index contributed by atoms with van der Waals surface area (Å²) >= 11 is 5.30. The molecule has 0 bridgehead atoms. The van der Waals surface area contributed by atoms with E-state index in [-0.39, 0.29) is 31.0 Å². The van der Waals surface area contributed by atoms with Gasteiger partial charge in [-0.1, -0.05) is 0 Å². The van der Waals surface area contributed by atoms with Crippen molar-refractivity contribution in [3.63, 3.8) is 0 Å². The Kier molecular flexibility index (Phi) is 12.4. The second-order valence-corrected chi connectivity index (χ2v) is 9.06. The zero-order valence-electron chi connectivity index (χ0n) is 18.8. The van der Waals surface area contributed by atoms with Crippen molar-refractivity contribution in [1.29, 1.82) is 0 Å². The first-order chi connectivity index (χ1) is 13.9. The zero-order valence-corrected chi connectivity index (χ0v) is 21.4. The Bertz CT molecular complexity index is 814. The Hall–Kier alpha value is -1.32. The molecule has 6 nitrogen and oxygen atoms in total. The molecule has 0 aliphatic carbocycles. The van der Waals surface area contributed by atoms with Gasteiger partial charge in [0.15, 0.2) is 5.11 Å². The van der Waals surface area contributed by atoms with Crippen LogP contribution in [0.2, 0.25) is 0 Å². The minimum atomic E-state index is -2.55. The summed E-state index contributed by atoms with van der Waals surface area (Å²) in [6.07, 6.45) is 1.75. The van der Waals surface area contributed by atoms with Gasteiger partial charge in [-0.3, -0.25) is 0 Å². The summed E-state index contributed by atoms with van der Waals surface area (Å²) in [6.45, 7) is 5.24. The van der Waals surface area contributed by atoms with Crippen molar-refractivity contribution in [2.45, 2.75) is 26.7 Å². The number of hydrogen-bond acceptors (Lipinski definition) is 5. The largest absolute Gasteiger partial charge is 1.00 e. The molecule has 2 aromatic carbocycles. The van der Waals surface area contributed by atoms with Crippen molar-refractivity contribution in [2.24, 2.45) is 0 Å². The summed E-state index contributed by atoms with van der Waals surface area (Å²) in [5, 5.41) is 6.80. The smallest absolute Gasteiger partial charge is 1.00 e. The Morgan fingerprint density at radius 1 is 0.867 bits per heavy atom. The molecular weight excluding hydrogens is 431 g/mol. The minimum Gasteiger partial charge on any atom is -1.00 e. The molecule has 30 heavy (non-hydrogen) atoms. The third-order valence-corrected chi connectivity index (χ3v) is 6.03. The van der Waals surface area contributed by atoms with Crippen molar-refractivity contribution in [1.82, 2.24) is 0 Å². The number of thiocarbonyl (C=S) groups is 1. The van der Waals surface area contributed by atoms with Gasteiger partial charge < -0.3 is 21.5 Å². The van der Waals surface area contributed by atoms with Crippen LogP contribution in [-0.2, 0) is 9.84 Å². The number of benzene rings is 2. The van der Waals surface area contributed by atoms with Gasteiger partial charge in [-0.2, -0.15) is 0 Å². The van der Waals surface area contributed by atoms with E-state index in [4.69, 9.17) is 21.7 Å². The van der Waals surface area contributed by atoms with Crippen molar-refractivity contribution in [3.8, 4) is 11.5 Å². The second-order valence-electron chi connectivity index (χ2n) is 6.35. The van der Waals surface area contributed by atoms with Gasteiger partial charge in [0, 0.05) is 11.4 Å². The van der Waals surface area contributed by atoms with Crippen LogP contribution in [0.4, 0.5) is 11.4 Å². The molecule has 1 fully saturated rings. The maximum Gasteiger partial charge on any atom is 1.00 e. The first-order valence-electron chi connectivity index (χ1n) is 9.66. The topological polar surface area (TPSA) is 76.7 Å². The number of rotatable bonds is 6. The zero-order chi connectivity index (χ0) is 21.1. The Morgan fingerprint density at radius 2 is 1.23 bits per heavy atom. The van der Waals surface area contributed by atoms with Crippen LogP contribution in [0.3, 0.4) is 0 Å². The van der Waals surface area contributed by atoms with Gasteiger partial charge in [-0.25, -0.2) is 8.42 Å². The molecule has 0 radical (unpaired) electrons.